The Balaban J connectivity index is 2.56. The normalized spacial score (nSPS) is 11.0. The maximum atomic E-state index is 5.71. The lowest BCUT2D eigenvalue weighted by molar-refractivity contribution is 0.241. The Labute approximate surface area is 105 Å². The van der Waals surface area contributed by atoms with E-state index in [-0.39, 0.29) is 6.10 Å². The van der Waals surface area contributed by atoms with Crippen molar-refractivity contribution in [3.63, 3.8) is 0 Å². The molecular weight excluding hydrogens is 212 g/mol. The molecular formula is C14H24N2O. The number of nitrogens with one attached hydrogen (secondary N) is 1. The summed E-state index contributed by atoms with van der Waals surface area (Å²) in [5, 5.41) is 3.40. The van der Waals surface area contributed by atoms with Gasteiger partial charge < -0.3 is 15.0 Å². The number of likely N-dealkylation sites (N-methyl/N-ethyl adjacent to an activating group) is 1. The average Bonchev–Trinajstić information content (AvgIpc) is 2.21. The Morgan fingerprint density at radius 1 is 1.29 bits per heavy atom. The molecule has 0 aromatic heterocycles. The van der Waals surface area contributed by atoms with Gasteiger partial charge in [0.2, 0.25) is 0 Å². The number of benzene rings is 1. The van der Waals surface area contributed by atoms with Crippen molar-refractivity contribution in [3.8, 4) is 5.75 Å². The summed E-state index contributed by atoms with van der Waals surface area (Å²) in [6.45, 7) is 8.15. The molecule has 0 heterocycles. The number of hydrogen-bond donors (Lipinski definition) is 1. The predicted octanol–water partition coefficient (Wildman–Crippen LogP) is 2.76. The first kappa shape index (κ1) is 13.8. The van der Waals surface area contributed by atoms with Crippen molar-refractivity contribution >= 4 is 5.69 Å². The lowest BCUT2D eigenvalue weighted by atomic mass is 10.2. The summed E-state index contributed by atoms with van der Waals surface area (Å²) >= 11 is 0. The zero-order valence-corrected chi connectivity index (χ0v) is 11.6. The maximum Gasteiger partial charge on any atom is 0.122 e. The molecule has 1 rings (SSSR count). The fourth-order valence-corrected chi connectivity index (χ4v) is 1.57. The van der Waals surface area contributed by atoms with Crippen molar-refractivity contribution in [2.75, 3.05) is 32.5 Å². The molecule has 0 aliphatic rings. The van der Waals surface area contributed by atoms with Crippen LogP contribution in [0, 0.1) is 6.92 Å². The van der Waals surface area contributed by atoms with Gasteiger partial charge in [0.15, 0.2) is 0 Å². The molecule has 0 bridgehead atoms. The summed E-state index contributed by atoms with van der Waals surface area (Å²) in [4.78, 5) is 2.16. The number of nitrogens with zero attached hydrogens (tertiary/aromatic N) is 1. The Kier molecular flexibility index (Phi) is 5.29. The van der Waals surface area contributed by atoms with E-state index in [1.165, 1.54) is 5.56 Å². The smallest absolute Gasteiger partial charge is 0.122 e. The van der Waals surface area contributed by atoms with Crippen molar-refractivity contribution in [2.45, 2.75) is 26.9 Å². The Morgan fingerprint density at radius 2 is 2.00 bits per heavy atom. The van der Waals surface area contributed by atoms with Gasteiger partial charge in [0, 0.05) is 18.8 Å². The third-order valence-corrected chi connectivity index (χ3v) is 2.43. The van der Waals surface area contributed by atoms with Crippen LogP contribution in [0.3, 0.4) is 0 Å². The van der Waals surface area contributed by atoms with Crippen LogP contribution >= 0.6 is 0 Å². The first-order chi connectivity index (χ1) is 7.99. The van der Waals surface area contributed by atoms with E-state index in [2.05, 4.69) is 43.4 Å². The summed E-state index contributed by atoms with van der Waals surface area (Å²) in [6, 6.07) is 6.24. The molecule has 17 heavy (non-hydrogen) atoms. The molecule has 0 radical (unpaired) electrons. The minimum Gasteiger partial charge on any atom is -0.491 e. The van der Waals surface area contributed by atoms with Crippen molar-refractivity contribution in [3.05, 3.63) is 23.8 Å². The first-order valence-corrected chi connectivity index (χ1v) is 6.15. The minimum atomic E-state index is 0.223. The summed E-state index contributed by atoms with van der Waals surface area (Å²) in [6.07, 6.45) is 0.223. The van der Waals surface area contributed by atoms with E-state index < -0.39 is 0 Å². The van der Waals surface area contributed by atoms with Gasteiger partial charge in [-0.2, -0.15) is 0 Å². The van der Waals surface area contributed by atoms with Crippen LogP contribution in [0.5, 0.6) is 5.75 Å². The predicted molar refractivity (Wildman–Crippen MR) is 74.0 cm³/mol. The second kappa shape index (κ2) is 6.50. The van der Waals surface area contributed by atoms with E-state index in [0.717, 1.165) is 24.5 Å². The summed E-state index contributed by atoms with van der Waals surface area (Å²) in [5.41, 5.74) is 2.33. The van der Waals surface area contributed by atoms with Gasteiger partial charge in [0.1, 0.15) is 5.75 Å². The van der Waals surface area contributed by atoms with E-state index in [9.17, 15) is 0 Å². The van der Waals surface area contributed by atoms with Crippen LogP contribution in [0.15, 0.2) is 18.2 Å². The van der Waals surface area contributed by atoms with Crippen LogP contribution in [0.25, 0.3) is 0 Å². The fourth-order valence-electron chi connectivity index (χ4n) is 1.57. The SMILES string of the molecule is Cc1cc(NCCN(C)C)ccc1OC(C)C. The van der Waals surface area contributed by atoms with E-state index in [0.29, 0.717) is 0 Å². The van der Waals surface area contributed by atoms with Crippen molar-refractivity contribution in [1.82, 2.24) is 4.90 Å². The van der Waals surface area contributed by atoms with Gasteiger partial charge in [0.25, 0.3) is 0 Å². The highest BCUT2D eigenvalue weighted by Crippen LogP contribution is 2.22. The molecule has 0 unspecified atom stereocenters. The van der Waals surface area contributed by atoms with Crippen molar-refractivity contribution in [2.24, 2.45) is 0 Å². The number of hydrogen-bond acceptors (Lipinski definition) is 3. The Hall–Kier alpha value is -1.22. The lowest BCUT2D eigenvalue weighted by Crippen LogP contribution is -2.20. The van der Waals surface area contributed by atoms with Gasteiger partial charge in [-0.1, -0.05) is 0 Å². The molecule has 0 atom stereocenters. The van der Waals surface area contributed by atoms with Crippen molar-refractivity contribution in [1.29, 1.82) is 0 Å². The highest BCUT2D eigenvalue weighted by atomic mass is 16.5. The summed E-state index contributed by atoms with van der Waals surface area (Å²) < 4.78 is 5.71. The second-order valence-corrected chi connectivity index (χ2v) is 4.88. The highest BCUT2D eigenvalue weighted by Gasteiger charge is 2.03. The highest BCUT2D eigenvalue weighted by molar-refractivity contribution is 5.50. The van der Waals surface area contributed by atoms with Crippen LogP contribution in [0.2, 0.25) is 0 Å². The van der Waals surface area contributed by atoms with Gasteiger partial charge in [-0.05, 0) is 58.6 Å². The van der Waals surface area contributed by atoms with Gasteiger partial charge in [-0.15, -0.1) is 0 Å². The standard InChI is InChI=1S/C14H24N2O/c1-11(2)17-14-7-6-13(10-12(14)3)15-8-9-16(4)5/h6-7,10-11,15H,8-9H2,1-5H3. The first-order valence-electron chi connectivity index (χ1n) is 6.15. The Bertz CT molecular complexity index is 348. The van der Waals surface area contributed by atoms with Crippen LogP contribution in [-0.2, 0) is 0 Å². The third kappa shape index (κ3) is 5.09. The molecule has 3 heteroatoms. The van der Waals surface area contributed by atoms with Crippen molar-refractivity contribution < 1.29 is 4.74 Å². The second-order valence-electron chi connectivity index (χ2n) is 4.88. The maximum absolute atomic E-state index is 5.71. The number of anilines is 1. The van der Waals surface area contributed by atoms with Crippen LogP contribution in [0.1, 0.15) is 19.4 Å². The van der Waals surface area contributed by atoms with Gasteiger partial charge in [-0.3, -0.25) is 0 Å². The molecule has 3 nitrogen and oxygen atoms in total. The molecule has 0 amide bonds. The van der Waals surface area contributed by atoms with Crippen LogP contribution in [0.4, 0.5) is 5.69 Å². The molecule has 0 aliphatic carbocycles. The summed E-state index contributed by atoms with van der Waals surface area (Å²) in [5.74, 6) is 0.971. The molecule has 0 saturated heterocycles. The van der Waals surface area contributed by atoms with Gasteiger partial charge in [0.05, 0.1) is 6.10 Å². The van der Waals surface area contributed by atoms with E-state index in [1.807, 2.05) is 19.9 Å². The fraction of sp³-hybridized carbons (Fsp3) is 0.571. The summed E-state index contributed by atoms with van der Waals surface area (Å²) in [7, 11) is 4.15. The number of ether oxygens (including phenoxy) is 1. The number of rotatable bonds is 6. The quantitative estimate of drug-likeness (QED) is 0.822. The Morgan fingerprint density at radius 3 is 2.53 bits per heavy atom. The zero-order chi connectivity index (χ0) is 12.8. The minimum absolute atomic E-state index is 0.223. The number of aryl methyl sites for hydroxylation is 1. The van der Waals surface area contributed by atoms with Gasteiger partial charge >= 0.3 is 0 Å². The van der Waals surface area contributed by atoms with E-state index in [4.69, 9.17) is 4.74 Å². The van der Waals surface area contributed by atoms with Gasteiger partial charge in [-0.25, -0.2) is 0 Å². The molecule has 0 spiro atoms. The molecule has 0 saturated carbocycles. The van der Waals surface area contributed by atoms with E-state index >= 15 is 0 Å². The third-order valence-electron chi connectivity index (χ3n) is 2.43. The molecule has 0 aliphatic heterocycles. The topological polar surface area (TPSA) is 24.5 Å². The molecule has 1 aromatic carbocycles. The monoisotopic (exact) mass is 236 g/mol. The zero-order valence-electron chi connectivity index (χ0n) is 11.6. The lowest BCUT2D eigenvalue weighted by Gasteiger charge is -2.15. The largest absolute Gasteiger partial charge is 0.491 e. The van der Waals surface area contributed by atoms with E-state index in [1.54, 1.807) is 0 Å². The molecule has 1 N–H and O–H groups in total. The molecule has 1 aromatic rings. The van der Waals surface area contributed by atoms with Crippen LogP contribution in [-0.4, -0.2) is 38.2 Å². The van der Waals surface area contributed by atoms with Crippen LogP contribution < -0.4 is 10.1 Å². The molecule has 96 valence electrons. The average molecular weight is 236 g/mol. The molecule has 0 fully saturated rings.